The molecule has 100 valence electrons. The lowest BCUT2D eigenvalue weighted by atomic mass is 9.80. The van der Waals surface area contributed by atoms with Gasteiger partial charge in [0.25, 0.3) is 0 Å². The normalized spacial score (nSPS) is 13.9. The maximum absolute atomic E-state index is 11.9. The van der Waals surface area contributed by atoms with Gasteiger partial charge >= 0.3 is 11.9 Å². The number of esters is 1. The molecule has 18 heavy (non-hydrogen) atoms. The van der Waals surface area contributed by atoms with Crippen molar-refractivity contribution < 1.29 is 19.4 Å². The predicted molar refractivity (Wildman–Crippen MR) is 63.9 cm³/mol. The molecule has 0 spiro atoms. The van der Waals surface area contributed by atoms with Crippen LogP contribution in [0.4, 0.5) is 0 Å². The number of nitrogens with zero attached hydrogens (tertiary/aromatic N) is 2. The number of aryl methyl sites for hydroxylation is 1. The number of hydrogen-bond acceptors (Lipinski definition) is 4. The Bertz CT molecular complexity index is 441. The zero-order valence-electron chi connectivity index (χ0n) is 10.8. The Morgan fingerprint density at radius 3 is 2.56 bits per heavy atom. The number of carboxylic acid groups (broad SMARTS) is 1. The highest BCUT2D eigenvalue weighted by Gasteiger charge is 2.46. The molecule has 0 saturated carbocycles. The van der Waals surface area contributed by atoms with E-state index < -0.39 is 17.4 Å². The Morgan fingerprint density at radius 2 is 2.17 bits per heavy atom. The third kappa shape index (κ3) is 2.69. The fourth-order valence-electron chi connectivity index (χ4n) is 1.84. The lowest BCUT2D eigenvalue weighted by Gasteiger charge is -2.25. The maximum Gasteiger partial charge on any atom is 0.323 e. The molecule has 0 aliphatic heterocycles. The Labute approximate surface area is 106 Å². The van der Waals surface area contributed by atoms with Crippen LogP contribution < -0.4 is 0 Å². The largest absolute Gasteiger partial charge is 0.480 e. The van der Waals surface area contributed by atoms with Crippen molar-refractivity contribution in [3.8, 4) is 0 Å². The van der Waals surface area contributed by atoms with Crippen LogP contribution in [0.2, 0.25) is 0 Å². The van der Waals surface area contributed by atoms with Gasteiger partial charge in [0.1, 0.15) is 0 Å². The second kappa shape index (κ2) is 5.66. The molecule has 1 heterocycles. The second-order valence-electron chi connectivity index (χ2n) is 4.16. The van der Waals surface area contributed by atoms with Crippen molar-refractivity contribution in [2.45, 2.75) is 26.7 Å². The number of rotatable bonds is 6. The summed E-state index contributed by atoms with van der Waals surface area (Å²) < 4.78 is 6.46. The first-order valence-electron chi connectivity index (χ1n) is 5.84. The summed E-state index contributed by atoms with van der Waals surface area (Å²) in [4.78, 5) is 23.4. The molecule has 0 aromatic carbocycles. The Morgan fingerprint density at radius 1 is 1.50 bits per heavy atom. The van der Waals surface area contributed by atoms with Gasteiger partial charge in [-0.3, -0.25) is 14.3 Å². The minimum atomic E-state index is -1.53. The van der Waals surface area contributed by atoms with E-state index in [1.54, 1.807) is 38.0 Å². The summed E-state index contributed by atoms with van der Waals surface area (Å²) in [7, 11) is 1.74. The quantitative estimate of drug-likeness (QED) is 0.605. The van der Waals surface area contributed by atoms with Gasteiger partial charge in [-0.15, -0.1) is 0 Å². The average Bonchev–Trinajstić information content (AvgIpc) is 2.71. The van der Waals surface area contributed by atoms with Crippen LogP contribution >= 0.6 is 0 Å². The minimum Gasteiger partial charge on any atom is -0.480 e. The van der Waals surface area contributed by atoms with Crippen LogP contribution in [0.5, 0.6) is 0 Å². The first-order chi connectivity index (χ1) is 8.46. The maximum atomic E-state index is 11.9. The Balaban J connectivity index is 3.04. The average molecular weight is 254 g/mol. The smallest absolute Gasteiger partial charge is 0.323 e. The summed E-state index contributed by atoms with van der Waals surface area (Å²) in [6.07, 6.45) is 3.53. The van der Waals surface area contributed by atoms with E-state index in [-0.39, 0.29) is 19.4 Å². The van der Waals surface area contributed by atoms with Gasteiger partial charge in [0.2, 0.25) is 0 Å². The van der Waals surface area contributed by atoms with Crippen LogP contribution in [0.3, 0.4) is 0 Å². The van der Waals surface area contributed by atoms with Gasteiger partial charge in [-0.25, -0.2) is 0 Å². The summed E-state index contributed by atoms with van der Waals surface area (Å²) >= 11 is 0. The summed E-state index contributed by atoms with van der Waals surface area (Å²) in [5.74, 6) is -1.85. The van der Waals surface area contributed by atoms with Gasteiger partial charge in [0, 0.05) is 19.7 Å². The second-order valence-corrected chi connectivity index (χ2v) is 4.16. The molecule has 0 saturated heterocycles. The van der Waals surface area contributed by atoms with E-state index in [2.05, 4.69) is 5.10 Å². The van der Waals surface area contributed by atoms with E-state index in [9.17, 15) is 14.7 Å². The van der Waals surface area contributed by atoms with E-state index in [1.165, 1.54) is 0 Å². The van der Waals surface area contributed by atoms with Gasteiger partial charge < -0.3 is 9.84 Å². The number of carboxylic acids is 1. The van der Waals surface area contributed by atoms with Crippen molar-refractivity contribution in [2.24, 2.45) is 12.5 Å². The molecule has 0 amide bonds. The zero-order valence-corrected chi connectivity index (χ0v) is 10.8. The van der Waals surface area contributed by atoms with Crippen molar-refractivity contribution >= 4 is 11.9 Å². The van der Waals surface area contributed by atoms with E-state index in [4.69, 9.17) is 4.74 Å². The first kappa shape index (κ1) is 14.2. The highest BCUT2D eigenvalue weighted by Crippen LogP contribution is 2.29. The topological polar surface area (TPSA) is 81.4 Å². The standard InChI is InChI=1S/C12H18N2O4/c1-4-12(10(15)16,11(17)18-5-2)6-9-7-13-14(3)8-9/h7-8H,4-6H2,1-3H3,(H,15,16). The van der Waals surface area contributed by atoms with Gasteiger partial charge in [-0.05, 0) is 18.9 Å². The minimum absolute atomic E-state index is 0.0888. The van der Waals surface area contributed by atoms with Crippen LogP contribution in [-0.4, -0.2) is 33.4 Å². The van der Waals surface area contributed by atoms with Crippen LogP contribution in [0.25, 0.3) is 0 Å². The molecule has 1 rings (SSSR count). The fraction of sp³-hybridized carbons (Fsp3) is 0.583. The molecule has 1 unspecified atom stereocenters. The van der Waals surface area contributed by atoms with Crippen molar-refractivity contribution in [3.05, 3.63) is 18.0 Å². The van der Waals surface area contributed by atoms with Crippen molar-refractivity contribution in [1.82, 2.24) is 9.78 Å². The predicted octanol–water partition coefficient (Wildman–Crippen LogP) is 1.01. The molecule has 1 atom stereocenters. The molecule has 6 nitrogen and oxygen atoms in total. The Kier molecular flexibility index (Phi) is 4.47. The van der Waals surface area contributed by atoms with E-state index >= 15 is 0 Å². The van der Waals surface area contributed by atoms with Crippen LogP contribution in [-0.2, 0) is 27.8 Å². The molecule has 0 aliphatic carbocycles. The highest BCUT2D eigenvalue weighted by molar-refractivity contribution is 5.99. The molecule has 0 radical (unpaired) electrons. The lowest BCUT2D eigenvalue weighted by Crippen LogP contribution is -2.42. The van der Waals surface area contributed by atoms with Crippen LogP contribution in [0.15, 0.2) is 12.4 Å². The van der Waals surface area contributed by atoms with E-state index in [1.807, 2.05) is 0 Å². The van der Waals surface area contributed by atoms with Crippen molar-refractivity contribution in [2.75, 3.05) is 6.61 Å². The SMILES string of the molecule is CCOC(=O)C(CC)(Cc1cnn(C)c1)C(=O)O. The molecule has 0 bridgehead atoms. The van der Waals surface area contributed by atoms with Crippen LogP contribution in [0, 0.1) is 5.41 Å². The third-order valence-electron chi connectivity index (χ3n) is 2.94. The number of aromatic nitrogens is 2. The molecule has 0 fully saturated rings. The van der Waals surface area contributed by atoms with Crippen molar-refractivity contribution in [1.29, 1.82) is 0 Å². The van der Waals surface area contributed by atoms with Gasteiger partial charge in [-0.1, -0.05) is 6.92 Å². The van der Waals surface area contributed by atoms with Gasteiger partial charge in [0.15, 0.2) is 5.41 Å². The van der Waals surface area contributed by atoms with E-state index in [0.717, 1.165) is 0 Å². The Hall–Kier alpha value is -1.85. The van der Waals surface area contributed by atoms with Crippen molar-refractivity contribution in [3.63, 3.8) is 0 Å². The summed E-state index contributed by atoms with van der Waals surface area (Å²) in [6, 6.07) is 0. The molecular weight excluding hydrogens is 236 g/mol. The van der Waals surface area contributed by atoms with Crippen LogP contribution in [0.1, 0.15) is 25.8 Å². The summed E-state index contributed by atoms with van der Waals surface area (Å²) in [6.45, 7) is 3.49. The number of ether oxygens (including phenoxy) is 1. The molecule has 0 aliphatic rings. The number of aliphatic carboxylic acids is 1. The third-order valence-corrected chi connectivity index (χ3v) is 2.94. The number of carbonyl (C=O) groups is 2. The molecule has 6 heteroatoms. The fourth-order valence-corrected chi connectivity index (χ4v) is 1.84. The molecule has 1 aromatic rings. The van der Waals surface area contributed by atoms with E-state index in [0.29, 0.717) is 5.56 Å². The first-order valence-corrected chi connectivity index (χ1v) is 5.84. The monoisotopic (exact) mass is 254 g/mol. The molecule has 1 N–H and O–H groups in total. The molecule has 1 aromatic heterocycles. The summed E-state index contributed by atoms with van der Waals surface area (Å²) in [5, 5.41) is 13.3. The highest BCUT2D eigenvalue weighted by atomic mass is 16.5. The number of hydrogen-bond donors (Lipinski definition) is 1. The lowest BCUT2D eigenvalue weighted by molar-refractivity contribution is -0.168. The number of carbonyl (C=O) groups excluding carboxylic acids is 1. The van der Waals surface area contributed by atoms with Gasteiger partial charge in [0.05, 0.1) is 12.8 Å². The summed E-state index contributed by atoms with van der Waals surface area (Å²) in [5.41, 5.74) is -0.825. The molecular formula is C12H18N2O4. The zero-order chi connectivity index (χ0) is 13.8. The van der Waals surface area contributed by atoms with Gasteiger partial charge in [-0.2, -0.15) is 5.10 Å².